The molecule has 3 nitrogen and oxygen atoms in total. The van der Waals surface area contributed by atoms with Crippen LogP contribution in [0.1, 0.15) is 20.3 Å². The van der Waals surface area contributed by atoms with Crippen molar-refractivity contribution < 1.29 is 14.7 Å². The number of hydrogen-bond acceptors (Lipinski definition) is 3. The summed E-state index contributed by atoms with van der Waals surface area (Å²) >= 11 is 0. The summed E-state index contributed by atoms with van der Waals surface area (Å²) in [5.74, 6) is -0.0833. The predicted molar refractivity (Wildman–Crippen MR) is 43.3 cm³/mol. The van der Waals surface area contributed by atoms with Crippen molar-refractivity contribution in [2.24, 2.45) is 0 Å². The SMILES string of the molecule is C=CC(C)=O.CCC(=O)CO. The second-order valence-electron chi connectivity index (χ2n) is 1.87. The molecule has 0 heterocycles. The third-order valence-corrected chi connectivity index (χ3v) is 0.858. The highest BCUT2D eigenvalue weighted by Gasteiger charge is 1.88. The number of allylic oxidation sites excluding steroid dienone is 1. The zero-order chi connectivity index (χ0) is 9.28. The molecule has 0 aromatic carbocycles. The summed E-state index contributed by atoms with van der Waals surface area (Å²) in [6, 6.07) is 0. The van der Waals surface area contributed by atoms with Crippen LogP contribution in [0.5, 0.6) is 0 Å². The first-order chi connectivity index (χ1) is 5.08. The number of carbonyl (C=O) groups excluding carboxylic acids is 2. The number of Topliss-reactive ketones (excluding diaryl/α,β-unsaturated/α-hetero) is 1. The molecule has 0 radical (unpaired) electrons. The number of rotatable bonds is 3. The highest BCUT2D eigenvalue weighted by Crippen LogP contribution is 1.73. The zero-order valence-electron chi connectivity index (χ0n) is 6.96. The van der Waals surface area contributed by atoms with Crippen LogP contribution in [0.15, 0.2) is 12.7 Å². The van der Waals surface area contributed by atoms with E-state index in [9.17, 15) is 9.59 Å². The summed E-state index contributed by atoms with van der Waals surface area (Å²) in [6.07, 6.45) is 1.72. The van der Waals surface area contributed by atoms with Crippen molar-refractivity contribution in [2.75, 3.05) is 6.61 Å². The van der Waals surface area contributed by atoms with Crippen molar-refractivity contribution in [3.8, 4) is 0 Å². The van der Waals surface area contributed by atoms with Crippen molar-refractivity contribution in [1.29, 1.82) is 0 Å². The Bertz CT molecular complexity index is 132. The fourth-order valence-electron chi connectivity index (χ4n) is 0.112. The largest absolute Gasteiger partial charge is 0.389 e. The number of ketones is 2. The fraction of sp³-hybridized carbons (Fsp3) is 0.500. The third-order valence-electron chi connectivity index (χ3n) is 0.858. The summed E-state index contributed by atoms with van der Waals surface area (Å²) in [5.41, 5.74) is 0. The molecule has 64 valence electrons. The monoisotopic (exact) mass is 158 g/mol. The van der Waals surface area contributed by atoms with E-state index >= 15 is 0 Å². The molecule has 0 rings (SSSR count). The lowest BCUT2D eigenvalue weighted by atomic mass is 10.3. The van der Waals surface area contributed by atoms with Gasteiger partial charge in [0.05, 0.1) is 0 Å². The zero-order valence-corrected chi connectivity index (χ0v) is 6.96. The first kappa shape index (κ1) is 12.7. The van der Waals surface area contributed by atoms with Gasteiger partial charge in [-0.15, -0.1) is 0 Å². The molecule has 0 bridgehead atoms. The Labute approximate surface area is 66.7 Å². The number of hydrogen-bond donors (Lipinski definition) is 1. The Kier molecular flexibility index (Phi) is 10.4. The summed E-state index contributed by atoms with van der Waals surface area (Å²) in [4.78, 5) is 19.6. The number of aliphatic hydroxyl groups excluding tert-OH is 1. The molecule has 0 saturated heterocycles. The molecule has 0 spiro atoms. The molecule has 11 heavy (non-hydrogen) atoms. The Hall–Kier alpha value is -0.960. The molecule has 0 aliphatic heterocycles. The molecule has 0 saturated carbocycles. The van der Waals surface area contributed by atoms with Gasteiger partial charge in [-0.1, -0.05) is 13.5 Å². The third kappa shape index (κ3) is 17.6. The van der Waals surface area contributed by atoms with E-state index in [1.165, 1.54) is 13.0 Å². The average Bonchev–Trinajstić information content (AvgIpc) is 2.04. The van der Waals surface area contributed by atoms with Crippen molar-refractivity contribution in [3.05, 3.63) is 12.7 Å². The van der Waals surface area contributed by atoms with Crippen LogP contribution in [0, 0.1) is 0 Å². The lowest BCUT2D eigenvalue weighted by Gasteiger charge is -1.81. The standard InChI is InChI=1S/C4H8O2.C4H6O/c1-2-4(6)3-5;1-3-4(2)5/h5H,2-3H2,1H3;3H,1H2,2H3. The van der Waals surface area contributed by atoms with Gasteiger partial charge in [-0.2, -0.15) is 0 Å². The van der Waals surface area contributed by atoms with Crippen molar-refractivity contribution in [1.82, 2.24) is 0 Å². The Balaban J connectivity index is 0. The van der Waals surface area contributed by atoms with Crippen molar-refractivity contribution >= 4 is 11.6 Å². The van der Waals surface area contributed by atoms with Crippen molar-refractivity contribution in [3.63, 3.8) is 0 Å². The molecule has 0 amide bonds. The highest BCUT2D eigenvalue weighted by molar-refractivity contribution is 5.86. The van der Waals surface area contributed by atoms with Gasteiger partial charge < -0.3 is 5.11 Å². The molecule has 0 unspecified atom stereocenters. The highest BCUT2D eigenvalue weighted by atomic mass is 16.3. The molecular weight excluding hydrogens is 144 g/mol. The lowest BCUT2D eigenvalue weighted by molar-refractivity contribution is -0.121. The van der Waals surface area contributed by atoms with Gasteiger partial charge in [0, 0.05) is 6.42 Å². The summed E-state index contributed by atoms with van der Waals surface area (Å²) in [6.45, 7) is 6.09. The number of carbonyl (C=O) groups is 2. The van der Waals surface area contributed by atoms with Crippen LogP contribution in [-0.2, 0) is 9.59 Å². The predicted octanol–water partition coefficient (Wildman–Crippen LogP) is 0.719. The van der Waals surface area contributed by atoms with Gasteiger partial charge in [0.15, 0.2) is 11.6 Å². The molecule has 3 heteroatoms. The average molecular weight is 158 g/mol. The molecule has 0 fully saturated rings. The van der Waals surface area contributed by atoms with Gasteiger partial charge in [-0.05, 0) is 13.0 Å². The van der Waals surface area contributed by atoms with E-state index in [-0.39, 0.29) is 18.2 Å². The molecule has 0 aromatic heterocycles. The summed E-state index contributed by atoms with van der Waals surface area (Å²) < 4.78 is 0. The minimum atomic E-state index is -0.309. The molecule has 0 aliphatic carbocycles. The smallest absolute Gasteiger partial charge is 0.157 e. The molecule has 0 aromatic rings. The van der Waals surface area contributed by atoms with Crippen LogP contribution in [-0.4, -0.2) is 23.3 Å². The fourth-order valence-corrected chi connectivity index (χ4v) is 0.112. The van der Waals surface area contributed by atoms with Gasteiger partial charge in [0.1, 0.15) is 6.61 Å². The van der Waals surface area contributed by atoms with E-state index in [1.54, 1.807) is 6.92 Å². The topological polar surface area (TPSA) is 54.4 Å². The second-order valence-corrected chi connectivity index (χ2v) is 1.87. The second kappa shape index (κ2) is 9.04. The van der Waals surface area contributed by atoms with Crippen LogP contribution in [0.4, 0.5) is 0 Å². The van der Waals surface area contributed by atoms with Crippen molar-refractivity contribution in [2.45, 2.75) is 20.3 Å². The van der Waals surface area contributed by atoms with E-state index in [4.69, 9.17) is 5.11 Å². The molecular formula is C8H14O3. The van der Waals surface area contributed by atoms with Gasteiger partial charge in [0.2, 0.25) is 0 Å². The maximum absolute atomic E-state index is 9.93. The van der Waals surface area contributed by atoms with E-state index < -0.39 is 0 Å². The van der Waals surface area contributed by atoms with E-state index in [2.05, 4.69) is 6.58 Å². The quantitative estimate of drug-likeness (QED) is 0.616. The Morgan fingerprint density at radius 2 is 1.91 bits per heavy atom. The summed E-state index contributed by atoms with van der Waals surface area (Å²) in [7, 11) is 0. The van der Waals surface area contributed by atoms with Gasteiger partial charge in [0.25, 0.3) is 0 Å². The molecule has 0 aliphatic rings. The van der Waals surface area contributed by atoms with Crippen LogP contribution in [0.25, 0.3) is 0 Å². The van der Waals surface area contributed by atoms with Gasteiger partial charge >= 0.3 is 0 Å². The molecule has 0 atom stereocenters. The van der Waals surface area contributed by atoms with Crippen LogP contribution < -0.4 is 0 Å². The van der Waals surface area contributed by atoms with E-state index in [0.717, 1.165) is 0 Å². The minimum absolute atomic E-state index is 0.0185. The Morgan fingerprint density at radius 3 is 1.91 bits per heavy atom. The maximum Gasteiger partial charge on any atom is 0.157 e. The summed E-state index contributed by atoms with van der Waals surface area (Å²) in [5, 5.41) is 7.99. The van der Waals surface area contributed by atoms with E-state index in [1.807, 2.05) is 0 Å². The van der Waals surface area contributed by atoms with Crippen LogP contribution >= 0.6 is 0 Å². The van der Waals surface area contributed by atoms with Gasteiger partial charge in [-0.25, -0.2) is 0 Å². The lowest BCUT2D eigenvalue weighted by Crippen LogP contribution is -1.99. The number of aliphatic hydroxyl groups is 1. The van der Waals surface area contributed by atoms with Crippen LogP contribution in [0.3, 0.4) is 0 Å². The first-order valence-electron chi connectivity index (χ1n) is 3.34. The van der Waals surface area contributed by atoms with Gasteiger partial charge in [-0.3, -0.25) is 9.59 Å². The normalized spacial score (nSPS) is 7.55. The maximum atomic E-state index is 9.93. The van der Waals surface area contributed by atoms with E-state index in [0.29, 0.717) is 6.42 Å². The van der Waals surface area contributed by atoms with Crippen LogP contribution in [0.2, 0.25) is 0 Å². The first-order valence-corrected chi connectivity index (χ1v) is 3.34. The Morgan fingerprint density at radius 1 is 1.55 bits per heavy atom. The molecule has 1 N–H and O–H groups in total. The minimum Gasteiger partial charge on any atom is -0.389 e.